The summed E-state index contributed by atoms with van der Waals surface area (Å²) in [5, 5.41) is 0.0693. The maximum atomic E-state index is 12.3. The van der Waals surface area contributed by atoms with Crippen LogP contribution < -0.4 is 4.74 Å². The molecule has 5 heteroatoms. The first kappa shape index (κ1) is 13.7. The fraction of sp³-hybridized carbons (Fsp3) is 0.538. The molecule has 0 radical (unpaired) electrons. The van der Waals surface area contributed by atoms with Crippen LogP contribution in [0.2, 0.25) is 0 Å². The summed E-state index contributed by atoms with van der Waals surface area (Å²) in [6.07, 6.45) is 3.38. The van der Waals surface area contributed by atoms with E-state index in [2.05, 4.69) is 4.98 Å². The summed E-state index contributed by atoms with van der Waals surface area (Å²) >= 11 is 3.59. The summed E-state index contributed by atoms with van der Waals surface area (Å²) < 4.78 is 5.57. The molecular formula is C13H17NO2S2. The van der Waals surface area contributed by atoms with E-state index in [0.717, 1.165) is 17.3 Å². The highest BCUT2D eigenvalue weighted by atomic mass is 32.2. The number of rotatable bonds is 4. The van der Waals surface area contributed by atoms with Crippen molar-refractivity contribution >= 4 is 29.3 Å². The van der Waals surface area contributed by atoms with Crippen LogP contribution in [0.25, 0.3) is 0 Å². The van der Waals surface area contributed by atoms with Crippen LogP contribution in [0.5, 0.6) is 5.75 Å². The predicted octanol–water partition coefficient (Wildman–Crippen LogP) is 2.90. The van der Waals surface area contributed by atoms with Gasteiger partial charge in [-0.3, -0.25) is 9.78 Å². The van der Waals surface area contributed by atoms with Gasteiger partial charge in [-0.25, -0.2) is 0 Å². The molecule has 1 unspecified atom stereocenters. The van der Waals surface area contributed by atoms with E-state index in [9.17, 15) is 4.79 Å². The zero-order chi connectivity index (χ0) is 13.0. The number of aromatic nitrogens is 1. The van der Waals surface area contributed by atoms with Gasteiger partial charge in [0, 0.05) is 29.0 Å². The van der Waals surface area contributed by atoms with Crippen molar-refractivity contribution in [2.24, 2.45) is 0 Å². The molecule has 1 aliphatic rings. The minimum absolute atomic E-state index is 0.0693. The van der Waals surface area contributed by atoms with Gasteiger partial charge in [0.2, 0.25) is 0 Å². The molecule has 1 aromatic rings. The van der Waals surface area contributed by atoms with E-state index >= 15 is 0 Å². The van der Waals surface area contributed by atoms with Crippen molar-refractivity contribution in [3.05, 3.63) is 24.0 Å². The average Bonchev–Trinajstić information content (AvgIpc) is 2.38. The summed E-state index contributed by atoms with van der Waals surface area (Å²) in [5.41, 5.74) is 0.660. The number of Topliss-reactive ketones (excluding diaryl/α,β-unsaturated/α-hetero) is 1. The Kier molecular flexibility index (Phi) is 4.95. The second kappa shape index (κ2) is 6.48. The minimum Gasteiger partial charge on any atom is -0.489 e. The van der Waals surface area contributed by atoms with Crippen molar-refractivity contribution in [3.8, 4) is 5.75 Å². The summed E-state index contributed by atoms with van der Waals surface area (Å²) in [6.45, 7) is 3.92. The normalized spacial score (nSPS) is 19.8. The Morgan fingerprint density at radius 3 is 2.94 bits per heavy atom. The number of carbonyl (C=O) groups is 1. The second-order valence-electron chi connectivity index (χ2n) is 4.37. The van der Waals surface area contributed by atoms with Crippen LogP contribution in [-0.4, -0.2) is 39.4 Å². The van der Waals surface area contributed by atoms with Gasteiger partial charge in [0.05, 0.1) is 17.6 Å². The molecule has 2 heterocycles. The van der Waals surface area contributed by atoms with E-state index in [1.54, 1.807) is 30.2 Å². The Hall–Kier alpha value is -0.680. The third kappa shape index (κ3) is 3.65. The van der Waals surface area contributed by atoms with Gasteiger partial charge >= 0.3 is 0 Å². The molecule has 0 spiro atoms. The molecule has 98 valence electrons. The van der Waals surface area contributed by atoms with Gasteiger partial charge < -0.3 is 4.74 Å². The van der Waals surface area contributed by atoms with Crippen LogP contribution in [0.15, 0.2) is 18.5 Å². The molecule has 1 fully saturated rings. The van der Waals surface area contributed by atoms with Gasteiger partial charge in [-0.15, -0.1) is 11.8 Å². The highest BCUT2D eigenvalue weighted by molar-refractivity contribution is 8.07. The van der Waals surface area contributed by atoms with Gasteiger partial charge in [0.25, 0.3) is 0 Å². The van der Waals surface area contributed by atoms with Gasteiger partial charge in [0.1, 0.15) is 5.75 Å². The molecule has 1 aliphatic heterocycles. The zero-order valence-electron chi connectivity index (χ0n) is 10.6. The number of nitrogens with zero attached hydrogens (tertiary/aromatic N) is 1. The van der Waals surface area contributed by atoms with Gasteiger partial charge in [-0.2, -0.15) is 11.8 Å². The Labute approximate surface area is 116 Å². The molecular weight excluding hydrogens is 266 g/mol. The standard InChI is InChI=1S/C13H17NO2S2/c1-9(2)16-11-5-10(6-14-7-11)13(15)12-8-17-3-4-18-12/h5-7,9,12H,3-4,8H2,1-2H3. The number of pyridine rings is 1. The largest absolute Gasteiger partial charge is 0.489 e. The van der Waals surface area contributed by atoms with Crippen molar-refractivity contribution in [2.75, 3.05) is 17.3 Å². The van der Waals surface area contributed by atoms with Gasteiger partial charge in [-0.1, -0.05) is 0 Å². The SMILES string of the molecule is CC(C)Oc1cncc(C(=O)C2CSCCS2)c1. The van der Waals surface area contributed by atoms with Crippen LogP contribution in [0.1, 0.15) is 24.2 Å². The first-order valence-corrected chi connectivity index (χ1v) is 8.22. The Bertz CT molecular complexity index is 417. The first-order valence-electron chi connectivity index (χ1n) is 6.02. The van der Waals surface area contributed by atoms with E-state index in [-0.39, 0.29) is 17.1 Å². The summed E-state index contributed by atoms with van der Waals surface area (Å²) in [6, 6.07) is 1.80. The van der Waals surface area contributed by atoms with Crippen molar-refractivity contribution in [1.29, 1.82) is 0 Å². The first-order chi connectivity index (χ1) is 8.66. The molecule has 1 atom stereocenters. The lowest BCUT2D eigenvalue weighted by atomic mass is 10.1. The third-order valence-corrected chi connectivity index (χ3v) is 5.23. The highest BCUT2D eigenvalue weighted by Gasteiger charge is 2.23. The maximum absolute atomic E-state index is 12.3. The number of ether oxygens (including phenoxy) is 1. The Morgan fingerprint density at radius 2 is 2.28 bits per heavy atom. The molecule has 0 aromatic carbocycles. The van der Waals surface area contributed by atoms with E-state index in [1.807, 2.05) is 25.6 Å². The average molecular weight is 283 g/mol. The van der Waals surface area contributed by atoms with Gasteiger partial charge in [0.15, 0.2) is 5.78 Å². The second-order valence-corrected chi connectivity index (χ2v) is 6.83. The molecule has 0 aliphatic carbocycles. The molecule has 1 saturated heterocycles. The van der Waals surface area contributed by atoms with Gasteiger partial charge in [-0.05, 0) is 19.9 Å². The molecule has 0 saturated carbocycles. The maximum Gasteiger partial charge on any atom is 0.178 e. The smallest absolute Gasteiger partial charge is 0.178 e. The van der Waals surface area contributed by atoms with E-state index in [1.165, 1.54) is 0 Å². The molecule has 18 heavy (non-hydrogen) atoms. The van der Waals surface area contributed by atoms with Crippen LogP contribution in [0, 0.1) is 0 Å². The number of hydrogen-bond donors (Lipinski definition) is 0. The molecule has 1 aromatic heterocycles. The molecule has 0 amide bonds. The number of ketones is 1. The Balaban J connectivity index is 2.09. The fourth-order valence-electron chi connectivity index (χ4n) is 1.72. The van der Waals surface area contributed by atoms with Crippen LogP contribution in [0.3, 0.4) is 0 Å². The van der Waals surface area contributed by atoms with Crippen LogP contribution in [-0.2, 0) is 0 Å². The minimum atomic E-state index is 0.0693. The lowest BCUT2D eigenvalue weighted by Gasteiger charge is -2.19. The summed E-state index contributed by atoms with van der Waals surface area (Å²) in [7, 11) is 0. The highest BCUT2D eigenvalue weighted by Crippen LogP contribution is 2.27. The van der Waals surface area contributed by atoms with E-state index < -0.39 is 0 Å². The van der Waals surface area contributed by atoms with E-state index in [0.29, 0.717) is 11.3 Å². The lowest BCUT2D eigenvalue weighted by molar-refractivity contribution is 0.0994. The summed E-state index contributed by atoms with van der Waals surface area (Å²) in [4.78, 5) is 16.4. The zero-order valence-corrected chi connectivity index (χ0v) is 12.2. The van der Waals surface area contributed by atoms with Crippen molar-refractivity contribution < 1.29 is 9.53 Å². The Morgan fingerprint density at radius 1 is 1.44 bits per heavy atom. The topological polar surface area (TPSA) is 39.2 Å². The van der Waals surface area contributed by atoms with Crippen molar-refractivity contribution in [1.82, 2.24) is 4.98 Å². The number of carbonyl (C=O) groups excluding carboxylic acids is 1. The summed E-state index contributed by atoms with van der Waals surface area (Å²) in [5.74, 6) is 3.94. The predicted molar refractivity (Wildman–Crippen MR) is 77.9 cm³/mol. The van der Waals surface area contributed by atoms with E-state index in [4.69, 9.17) is 4.74 Å². The van der Waals surface area contributed by atoms with Crippen LogP contribution in [0.4, 0.5) is 0 Å². The molecule has 0 N–H and O–H groups in total. The lowest BCUT2D eigenvalue weighted by Crippen LogP contribution is -2.24. The molecule has 3 nitrogen and oxygen atoms in total. The van der Waals surface area contributed by atoms with Crippen molar-refractivity contribution in [3.63, 3.8) is 0 Å². The number of thioether (sulfide) groups is 2. The van der Waals surface area contributed by atoms with Crippen LogP contribution >= 0.6 is 23.5 Å². The molecule has 2 rings (SSSR count). The number of hydrogen-bond acceptors (Lipinski definition) is 5. The monoisotopic (exact) mass is 283 g/mol. The third-order valence-electron chi connectivity index (χ3n) is 2.48. The quantitative estimate of drug-likeness (QED) is 0.795. The molecule has 0 bridgehead atoms. The fourth-order valence-corrected chi connectivity index (χ4v) is 4.35. The van der Waals surface area contributed by atoms with Crippen molar-refractivity contribution in [2.45, 2.75) is 25.2 Å².